The molecular formula is C15H17N3O3. The summed E-state index contributed by atoms with van der Waals surface area (Å²) in [4.78, 5) is 14.9. The Kier molecular flexibility index (Phi) is 4.71. The van der Waals surface area contributed by atoms with Crippen LogP contribution < -0.4 is 10.1 Å². The van der Waals surface area contributed by atoms with Gasteiger partial charge in [0.25, 0.3) is 0 Å². The van der Waals surface area contributed by atoms with Crippen molar-refractivity contribution in [2.45, 2.75) is 20.0 Å². The molecule has 1 aromatic heterocycles. The second-order valence-electron chi connectivity index (χ2n) is 4.46. The number of anilines is 1. The number of pyridine rings is 1. The Morgan fingerprint density at radius 1 is 1.38 bits per heavy atom. The van der Waals surface area contributed by atoms with Crippen LogP contribution in [0.1, 0.15) is 18.1 Å². The molecule has 0 saturated carbocycles. The second kappa shape index (κ2) is 6.69. The van der Waals surface area contributed by atoms with Gasteiger partial charge in [-0.05, 0) is 24.1 Å². The van der Waals surface area contributed by atoms with E-state index in [9.17, 15) is 10.1 Å². The van der Waals surface area contributed by atoms with Crippen LogP contribution in [0.4, 0.5) is 11.5 Å². The van der Waals surface area contributed by atoms with Gasteiger partial charge in [0.1, 0.15) is 12.4 Å². The zero-order valence-corrected chi connectivity index (χ0v) is 12.0. The molecule has 0 unspecified atom stereocenters. The molecule has 0 bridgehead atoms. The summed E-state index contributed by atoms with van der Waals surface area (Å²) in [5.74, 6) is 0.966. The van der Waals surface area contributed by atoms with E-state index in [-0.39, 0.29) is 18.0 Å². The van der Waals surface area contributed by atoms with Crippen LogP contribution in [-0.2, 0) is 13.0 Å². The molecule has 6 nitrogen and oxygen atoms in total. The molecule has 2 aromatic rings. The minimum atomic E-state index is -0.420. The molecule has 6 heteroatoms. The van der Waals surface area contributed by atoms with E-state index in [4.69, 9.17) is 4.74 Å². The van der Waals surface area contributed by atoms with E-state index >= 15 is 0 Å². The number of ether oxygens (including phenoxy) is 1. The number of benzene rings is 1. The number of hydrogen-bond donors (Lipinski definition) is 1. The second-order valence-corrected chi connectivity index (χ2v) is 4.46. The van der Waals surface area contributed by atoms with Crippen LogP contribution >= 0.6 is 0 Å². The molecule has 0 atom stereocenters. The van der Waals surface area contributed by atoms with Gasteiger partial charge in [-0.25, -0.2) is 4.98 Å². The lowest BCUT2D eigenvalue weighted by Gasteiger charge is -2.10. The van der Waals surface area contributed by atoms with Crippen molar-refractivity contribution >= 4 is 11.5 Å². The van der Waals surface area contributed by atoms with Gasteiger partial charge in [-0.15, -0.1) is 0 Å². The number of nitro benzene ring substituents is 1. The summed E-state index contributed by atoms with van der Waals surface area (Å²) in [5.41, 5.74) is 1.74. The summed E-state index contributed by atoms with van der Waals surface area (Å²) in [6.07, 6.45) is 2.42. The number of hydrogen-bond acceptors (Lipinski definition) is 5. The maximum Gasteiger partial charge on any atom is 0.311 e. The number of aromatic nitrogens is 1. The molecule has 0 spiro atoms. The largest absolute Gasteiger partial charge is 0.482 e. The van der Waals surface area contributed by atoms with E-state index in [2.05, 4.69) is 10.3 Å². The lowest BCUT2D eigenvalue weighted by atomic mass is 10.1. The van der Waals surface area contributed by atoms with E-state index in [0.717, 1.165) is 17.5 Å². The molecule has 1 N–H and O–H groups in total. The molecule has 1 heterocycles. The number of aryl methyl sites for hydroxylation is 1. The van der Waals surface area contributed by atoms with Gasteiger partial charge in [0, 0.05) is 24.9 Å². The summed E-state index contributed by atoms with van der Waals surface area (Å²) in [6, 6.07) is 8.70. The van der Waals surface area contributed by atoms with Crippen LogP contribution in [0.3, 0.4) is 0 Å². The first-order valence-electron chi connectivity index (χ1n) is 6.67. The molecule has 1 aromatic carbocycles. The molecule has 0 aliphatic carbocycles. The van der Waals surface area contributed by atoms with Gasteiger partial charge in [-0.2, -0.15) is 0 Å². The molecular weight excluding hydrogens is 270 g/mol. The van der Waals surface area contributed by atoms with Crippen molar-refractivity contribution in [1.29, 1.82) is 0 Å². The number of nitro groups is 1. The average Bonchev–Trinajstić information content (AvgIpc) is 2.52. The molecule has 0 fully saturated rings. The molecule has 0 amide bonds. The quantitative estimate of drug-likeness (QED) is 0.652. The molecule has 0 aliphatic heterocycles. The third kappa shape index (κ3) is 3.47. The van der Waals surface area contributed by atoms with Crippen LogP contribution in [0, 0.1) is 10.1 Å². The zero-order valence-electron chi connectivity index (χ0n) is 12.0. The Morgan fingerprint density at radius 2 is 2.19 bits per heavy atom. The van der Waals surface area contributed by atoms with Crippen molar-refractivity contribution in [2.24, 2.45) is 0 Å². The lowest BCUT2D eigenvalue weighted by Crippen LogP contribution is -2.04. The van der Waals surface area contributed by atoms with Crippen LogP contribution in [-0.4, -0.2) is 17.0 Å². The zero-order chi connectivity index (χ0) is 15.2. The van der Waals surface area contributed by atoms with Crippen LogP contribution in [0.2, 0.25) is 0 Å². The van der Waals surface area contributed by atoms with Gasteiger partial charge in [-0.3, -0.25) is 10.1 Å². The van der Waals surface area contributed by atoms with Crippen molar-refractivity contribution in [3.05, 3.63) is 57.8 Å². The molecule has 0 saturated heterocycles. The highest BCUT2D eigenvalue weighted by Crippen LogP contribution is 2.29. The summed E-state index contributed by atoms with van der Waals surface area (Å²) in [7, 11) is 1.77. The summed E-state index contributed by atoms with van der Waals surface area (Å²) < 4.78 is 5.60. The fraction of sp³-hybridized carbons (Fsp3) is 0.267. The third-order valence-corrected chi connectivity index (χ3v) is 3.14. The van der Waals surface area contributed by atoms with Crippen LogP contribution in [0.15, 0.2) is 36.5 Å². The molecule has 0 radical (unpaired) electrons. The van der Waals surface area contributed by atoms with Gasteiger partial charge >= 0.3 is 5.69 Å². The first-order valence-corrected chi connectivity index (χ1v) is 6.67. The van der Waals surface area contributed by atoms with E-state index < -0.39 is 4.92 Å². The normalized spacial score (nSPS) is 10.2. The number of nitrogens with zero attached hydrogens (tertiary/aromatic N) is 2. The van der Waals surface area contributed by atoms with Gasteiger partial charge in [-0.1, -0.05) is 19.1 Å². The predicted octanol–water partition coefficient (Wildman–Crippen LogP) is 3.17. The summed E-state index contributed by atoms with van der Waals surface area (Å²) in [6.45, 7) is 2.17. The Balaban J connectivity index is 2.21. The first kappa shape index (κ1) is 14.8. The summed E-state index contributed by atoms with van der Waals surface area (Å²) in [5, 5.41) is 14.1. The number of nitrogens with one attached hydrogen (secondary N) is 1. The van der Waals surface area contributed by atoms with E-state index in [1.807, 2.05) is 19.1 Å². The van der Waals surface area contributed by atoms with Gasteiger partial charge < -0.3 is 10.1 Å². The Morgan fingerprint density at radius 3 is 2.86 bits per heavy atom. The van der Waals surface area contributed by atoms with Gasteiger partial charge in [0.05, 0.1) is 4.92 Å². The minimum absolute atomic E-state index is 0.00996. The standard InChI is InChI=1S/C15H17N3O3/c1-3-11-6-7-14(13(9-11)18(19)20)21-10-12-5-4-8-17-15(12)16-2/h4-9H,3,10H2,1-2H3,(H,16,17). The Bertz CT molecular complexity index is 644. The SMILES string of the molecule is CCc1ccc(OCc2cccnc2NC)c([N+](=O)[O-])c1. The Hall–Kier alpha value is -2.63. The van der Waals surface area contributed by atoms with Crippen molar-refractivity contribution in [3.8, 4) is 5.75 Å². The average molecular weight is 287 g/mol. The Labute approximate surface area is 122 Å². The van der Waals surface area contributed by atoms with Crippen LogP contribution in [0.5, 0.6) is 5.75 Å². The highest BCUT2D eigenvalue weighted by Gasteiger charge is 2.16. The van der Waals surface area contributed by atoms with E-state index in [0.29, 0.717) is 5.82 Å². The fourth-order valence-electron chi connectivity index (χ4n) is 1.98. The van der Waals surface area contributed by atoms with Crippen molar-refractivity contribution in [2.75, 3.05) is 12.4 Å². The predicted molar refractivity (Wildman–Crippen MR) is 80.6 cm³/mol. The molecule has 21 heavy (non-hydrogen) atoms. The van der Waals surface area contributed by atoms with E-state index in [1.165, 1.54) is 0 Å². The van der Waals surface area contributed by atoms with E-state index in [1.54, 1.807) is 31.4 Å². The van der Waals surface area contributed by atoms with Crippen LogP contribution in [0.25, 0.3) is 0 Å². The number of rotatable bonds is 6. The van der Waals surface area contributed by atoms with Gasteiger partial charge in [0.15, 0.2) is 5.75 Å². The monoisotopic (exact) mass is 287 g/mol. The molecule has 2 rings (SSSR count). The topological polar surface area (TPSA) is 77.3 Å². The van der Waals surface area contributed by atoms with Crippen molar-refractivity contribution < 1.29 is 9.66 Å². The lowest BCUT2D eigenvalue weighted by molar-refractivity contribution is -0.386. The van der Waals surface area contributed by atoms with Crippen molar-refractivity contribution in [3.63, 3.8) is 0 Å². The maximum absolute atomic E-state index is 11.1. The molecule has 110 valence electrons. The summed E-state index contributed by atoms with van der Waals surface area (Å²) >= 11 is 0. The highest BCUT2D eigenvalue weighted by molar-refractivity contribution is 5.49. The highest BCUT2D eigenvalue weighted by atomic mass is 16.6. The molecule has 0 aliphatic rings. The maximum atomic E-state index is 11.1. The minimum Gasteiger partial charge on any atom is -0.482 e. The van der Waals surface area contributed by atoms with Crippen molar-refractivity contribution in [1.82, 2.24) is 4.98 Å². The third-order valence-electron chi connectivity index (χ3n) is 3.14. The van der Waals surface area contributed by atoms with Gasteiger partial charge in [0.2, 0.25) is 0 Å². The fourth-order valence-corrected chi connectivity index (χ4v) is 1.98. The first-order chi connectivity index (χ1) is 10.2. The smallest absolute Gasteiger partial charge is 0.311 e.